The monoisotopic (exact) mass is 323 g/mol. The molecule has 2 heterocycles. The molecule has 1 saturated heterocycles. The van der Waals surface area contributed by atoms with E-state index in [4.69, 9.17) is 5.73 Å². The number of hydrogen-bond donors (Lipinski definition) is 1. The van der Waals surface area contributed by atoms with E-state index in [1.54, 1.807) is 11.3 Å². The quantitative estimate of drug-likeness (QED) is 0.514. The molecule has 2 N–H and O–H groups in total. The van der Waals surface area contributed by atoms with Crippen LogP contribution in [-0.2, 0) is 0 Å². The van der Waals surface area contributed by atoms with E-state index in [2.05, 4.69) is 40.5 Å². The van der Waals surface area contributed by atoms with Gasteiger partial charge in [-0.25, -0.2) is 4.98 Å². The molecule has 0 spiro atoms. The average Bonchev–Trinajstić information content (AvgIpc) is 3.00. The van der Waals surface area contributed by atoms with E-state index in [0.717, 1.165) is 44.3 Å². The molecule has 5 nitrogen and oxygen atoms in total. The lowest BCUT2D eigenvalue weighted by atomic mass is 9.90. The van der Waals surface area contributed by atoms with Crippen molar-refractivity contribution in [2.24, 2.45) is 16.1 Å². The summed E-state index contributed by atoms with van der Waals surface area (Å²) in [7, 11) is 0. The van der Waals surface area contributed by atoms with Gasteiger partial charge in [0.25, 0.3) is 0 Å². The largest absolute Gasteiger partial charge is 0.370 e. The van der Waals surface area contributed by atoms with Gasteiger partial charge in [-0.3, -0.25) is 4.99 Å². The summed E-state index contributed by atoms with van der Waals surface area (Å²) in [6.45, 7) is 11.5. The SMILES string of the molecule is CC(C)(C)CCCCN=C(N)N1CCN(c2nccs2)CC1. The van der Waals surface area contributed by atoms with Crippen LogP contribution in [0.25, 0.3) is 0 Å². The van der Waals surface area contributed by atoms with Gasteiger partial charge in [0, 0.05) is 44.3 Å². The van der Waals surface area contributed by atoms with Crippen LogP contribution in [0.3, 0.4) is 0 Å². The number of anilines is 1. The number of nitrogens with zero attached hydrogens (tertiary/aromatic N) is 4. The number of guanidine groups is 1. The molecule has 0 amide bonds. The summed E-state index contributed by atoms with van der Waals surface area (Å²) in [5, 5.41) is 3.13. The van der Waals surface area contributed by atoms with Crippen LogP contribution in [-0.4, -0.2) is 48.6 Å². The lowest BCUT2D eigenvalue weighted by Crippen LogP contribution is -2.51. The van der Waals surface area contributed by atoms with E-state index in [0.29, 0.717) is 11.4 Å². The summed E-state index contributed by atoms with van der Waals surface area (Å²) in [5.74, 6) is 0.703. The van der Waals surface area contributed by atoms with Crippen LogP contribution in [0.5, 0.6) is 0 Å². The van der Waals surface area contributed by atoms with Crippen molar-refractivity contribution in [2.75, 3.05) is 37.6 Å². The maximum absolute atomic E-state index is 6.12. The van der Waals surface area contributed by atoms with Crippen molar-refractivity contribution in [3.05, 3.63) is 11.6 Å². The highest BCUT2D eigenvalue weighted by molar-refractivity contribution is 7.13. The zero-order valence-corrected chi connectivity index (χ0v) is 14.9. The minimum absolute atomic E-state index is 0.418. The fraction of sp³-hybridized carbons (Fsp3) is 0.750. The molecular weight excluding hydrogens is 294 g/mol. The zero-order chi connectivity index (χ0) is 16.0. The van der Waals surface area contributed by atoms with Gasteiger partial charge >= 0.3 is 0 Å². The highest BCUT2D eigenvalue weighted by Gasteiger charge is 2.19. The first-order chi connectivity index (χ1) is 10.5. The molecule has 1 aliphatic rings. The Balaban J connectivity index is 1.68. The van der Waals surface area contributed by atoms with Crippen molar-refractivity contribution in [1.29, 1.82) is 0 Å². The molecule has 0 radical (unpaired) electrons. The molecule has 0 saturated carbocycles. The summed E-state index contributed by atoms with van der Waals surface area (Å²) in [6.07, 6.45) is 5.45. The predicted molar refractivity (Wildman–Crippen MR) is 95.7 cm³/mol. The van der Waals surface area contributed by atoms with Crippen LogP contribution in [0.1, 0.15) is 40.0 Å². The van der Waals surface area contributed by atoms with Crippen LogP contribution >= 0.6 is 11.3 Å². The van der Waals surface area contributed by atoms with Gasteiger partial charge in [0.1, 0.15) is 0 Å². The topological polar surface area (TPSA) is 57.8 Å². The molecule has 1 aliphatic heterocycles. The molecule has 0 atom stereocenters. The average molecular weight is 324 g/mol. The molecule has 0 aliphatic carbocycles. The van der Waals surface area contributed by atoms with E-state index in [9.17, 15) is 0 Å². The number of aromatic nitrogens is 1. The van der Waals surface area contributed by atoms with Crippen molar-refractivity contribution in [2.45, 2.75) is 40.0 Å². The highest BCUT2D eigenvalue weighted by Crippen LogP contribution is 2.21. The highest BCUT2D eigenvalue weighted by atomic mass is 32.1. The minimum Gasteiger partial charge on any atom is -0.370 e. The smallest absolute Gasteiger partial charge is 0.191 e. The summed E-state index contributed by atoms with van der Waals surface area (Å²) < 4.78 is 0. The maximum atomic E-state index is 6.12. The predicted octanol–water partition coefficient (Wildman–Crippen LogP) is 2.80. The number of rotatable bonds is 5. The third kappa shape index (κ3) is 5.48. The Morgan fingerprint density at radius 2 is 2.00 bits per heavy atom. The van der Waals surface area contributed by atoms with Crippen LogP contribution in [0.2, 0.25) is 0 Å². The Hall–Kier alpha value is -1.30. The number of piperazine rings is 1. The third-order valence-electron chi connectivity index (χ3n) is 3.90. The van der Waals surface area contributed by atoms with Gasteiger partial charge in [0.15, 0.2) is 11.1 Å². The van der Waals surface area contributed by atoms with Crippen LogP contribution in [0, 0.1) is 5.41 Å². The molecule has 1 fully saturated rings. The zero-order valence-electron chi connectivity index (χ0n) is 14.1. The molecule has 2 rings (SSSR count). The molecule has 1 aromatic heterocycles. The fourth-order valence-electron chi connectivity index (χ4n) is 2.56. The van der Waals surface area contributed by atoms with Gasteiger partial charge in [0.2, 0.25) is 0 Å². The second kappa shape index (κ2) is 7.81. The lowest BCUT2D eigenvalue weighted by Gasteiger charge is -2.35. The van der Waals surface area contributed by atoms with Crippen LogP contribution < -0.4 is 10.6 Å². The summed E-state index contributed by atoms with van der Waals surface area (Å²) in [5.41, 5.74) is 6.54. The number of unbranched alkanes of at least 4 members (excludes halogenated alkanes) is 1. The van der Waals surface area contributed by atoms with E-state index in [1.807, 2.05) is 11.6 Å². The van der Waals surface area contributed by atoms with Gasteiger partial charge in [-0.15, -0.1) is 11.3 Å². The first-order valence-electron chi connectivity index (χ1n) is 8.15. The van der Waals surface area contributed by atoms with Crippen molar-refractivity contribution < 1.29 is 0 Å². The van der Waals surface area contributed by atoms with Crippen molar-refractivity contribution in [1.82, 2.24) is 9.88 Å². The standard InChI is InChI=1S/C16H29N5S/c1-16(2,3)6-4-5-7-18-14(17)20-9-11-21(12-10-20)15-19-8-13-22-15/h8,13H,4-7,9-12H2,1-3H3,(H2,17,18). The molecule has 22 heavy (non-hydrogen) atoms. The summed E-state index contributed by atoms with van der Waals surface area (Å²) in [6, 6.07) is 0. The van der Waals surface area contributed by atoms with E-state index in [1.165, 1.54) is 12.8 Å². The molecule has 124 valence electrons. The Labute approximate surface area is 138 Å². The Morgan fingerprint density at radius 1 is 1.27 bits per heavy atom. The Morgan fingerprint density at radius 3 is 2.59 bits per heavy atom. The van der Waals surface area contributed by atoms with Gasteiger partial charge < -0.3 is 15.5 Å². The van der Waals surface area contributed by atoms with Gasteiger partial charge in [-0.2, -0.15) is 0 Å². The van der Waals surface area contributed by atoms with Gasteiger partial charge in [-0.1, -0.05) is 27.2 Å². The number of aliphatic imine (C=N–C) groups is 1. The van der Waals surface area contributed by atoms with Gasteiger partial charge in [-0.05, 0) is 18.3 Å². The summed E-state index contributed by atoms with van der Waals surface area (Å²) >= 11 is 1.70. The molecular formula is C16H29N5S. The maximum Gasteiger partial charge on any atom is 0.191 e. The van der Waals surface area contributed by atoms with Crippen LogP contribution in [0.4, 0.5) is 5.13 Å². The normalized spacial score (nSPS) is 17.1. The molecule has 1 aromatic rings. The minimum atomic E-state index is 0.418. The first kappa shape index (κ1) is 17.1. The van der Waals surface area contributed by atoms with E-state index < -0.39 is 0 Å². The van der Waals surface area contributed by atoms with Crippen molar-refractivity contribution in [3.63, 3.8) is 0 Å². The van der Waals surface area contributed by atoms with Crippen LogP contribution in [0.15, 0.2) is 16.6 Å². The number of nitrogens with two attached hydrogens (primary N) is 1. The molecule has 0 aromatic carbocycles. The molecule has 6 heteroatoms. The van der Waals surface area contributed by atoms with Crippen molar-refractivity contribution >= 4 is 22.4 Å². The van der Waals surface area contributed by atoms with E-state index in [-0.39, 0.29) is 0 Å². The van der Waals surface area contributed by atoms with E-state index >= 15 is 0 Å². The Bertz CT molecular complexity index is 455. The third-order valence-corrected chi connectivity index (χ3v) is 4.73. The molecule has 0 bridgehead atoms. The van der Waals surface area contributed by atoms with Gasteiger partial charge in [0.05, 0.1) is 0 Å². The van der Waals surface area contributed by atoms with Crippen molar-refractivity contribution in [3.8, 4) is 0 Å². The summed E-state index contributed by atoms with van der Waals surface area (Å²) in [4.78, 5) is 13.4. The lowest BCUT2D eigenvalue weighted by molar-refractivity contribution is 0.360. The number of hydrogen-bond acceptors (Lipinski definition) is 4. The second-order valence-corrected chi connectivity index (χ2v) is 7.92. The Kier molecular flexibility index (Phi) is 6.06. The second-order valence-electron chi connectivity index (χ2n) is 7.05. The fourth-order valence-corrected chi connectivity index (χ4v) is 3.26. The molecule has 0 unspecified atom stereocenters. The first-order valence-corrected chi connectivity index (χ1v) is 9.03. The number of thiazole rings is 1.